The van der Waals surface area contributed by atoms with Crippen LogP contribution < -0.4 is 5.32 Å². The largest absolute Gasteiger partial charge is 0.465 e. The van der Waals surface area contributed by atoms with Crippen molar-refractivity contribution in [2.24, 2.45) is 0 Å². The van der Waals surface area contributed by atoms with Crippen LogP contribution in [0.4, 0.5) is 0 Å². The number of amides is 1. The van der Waals surface area contributed by atoms with E-state index in [1.165, 1.54) is 4.90 Å². The summed E-state index contributed by atoms with van der Waals surface area (Å²) in [5, 5.41) is 3.08. The van der Waals surface area contributed by atoms with Crippen LogP contribution in [0.25, 0.3) is 0 Å². The van der Waals surface area contributed by atoms with Gasteiger partial charge >= 0.3 is 5.97 Å². The molecule has 0 aromatic carbocycles. The van der Waals surface area contributed by atoms with E-state index in [0.717, 1.165) is 0 Å². The number of carbonyl (C=O) groups excluding carboxylic acids is 2. The summed E-state index contributed by atoms with van der Waals surface area (Å²) in [4.78, 5) is 23.3. The normalized spacial score (nSPS) is 19.4. The first kappa shape index (κ1) is 15.2. The summed E-state index contributed by atoms with van der Waals surface area (Å²) in [7, 11) is 0. The molecule has 1 N–H and O–H groups in total. The Labute approximate surface area is 101 Å². The first-order valence-electron chi connectivity index (χ1n) is 4.95. The molecule has 0 radical (unpaired) electrons. The average Bonchev–Trinajstić information content (AvgIpc) is 2.27. The van der Waals surface area contributed by atoms with Gasteiger partial charge in [-0.15, -0.1) is 12.4 Å². The van der Waals surface area contributed by atoms with Crippen LogP contribution in [0.3, 0.4) is 0 Å². The first-order valence-corrected chi connectivity index (χ1v) is 4.95. The molecule has 94 valence electrons. The molecule has 1 saturated heterocycles. The van der Waals surface area contributed by atoms with Crippen molar-refractivity contribution in [3.63, 3.8) is 0 Å². The minimum Gasteiger partial charge on any atom is -0.465 e. The summed E-state index contributed by atoms with van der Waals surface area (Å²) in [6.07, 6.45) is 0.393. The predicted octanol–water partition coefficient (Wildman–Crippen LogP) is -0.624. The molecule has 1 heterocycles. The third kappa shape index (κ3) is 4.78. The Morgan fingerprint density at radius 2 is 2.44 bits per heavy atom. The van der Waals surface area contributed by atoms with Gasteiger partial charge in [0.25, 0.3) is 0 Å². The molecule has 1 fully saturated rings. The van der Waals surface area contributed by atoms with E-state index in [2.05, 4.69) is 5.32 Å². The number of halogens is 1. The van der Waals surface area contributed by atoms with Crippen molar-refractivity contribution < 1.29 is 19.1 Å². The highest BCUT2D eigenvalue weighted by molar-refractivity contribution is 5.85. The molecule has 1 aliphatic heterocycles. The van der Waals surface area contributed by atoms with Gasteiger partial charge in [-0.2, -0.15) is 0 Å². The van der Waals surface area contributed by atoms with Gasteiger partial charge < -0.3 is 14.4 Å². The Hall–Kier alpha value is -0.850. The van der Waals surface area contributed by atoms with Crippen molar-refractivity contribution in [1.82, 2.24) is 10.2 Å². The van der Waals surface area contributed by atoms with Crippen molar-refractivity contribution in [2.45, 2.75) is 13.1 Å². The zero-order valence-corrected chi connectivity index (χ0v) is 10.00. The molecule has 0 aromatic heterocycles. The Morgan fingerprint density at radius 3 is 2.94 bits per heavy atom. The minimum atomic E-state index is -0.406. The lowest BCUT2D eigenvalue weighted by Crippen LogP contribution is -2.53. The third-order valence-electron chi connectivity index (χ3n) is 2.05. The Kier molecular flexibility index (Phi) is 7.88. The highest BCUT2D eigenvalue weighted by Gasteiger charge is 2.22. The quantitative estimate of drug-likeness (QED) is 0.522. The van der Waals surface area contributed by atoms with E-state index < -0.39 is 5.97 Å². The van der Waals surface area contributed by atoms with E-state index in [-0.39, 0.29) is 25.1 Å². The van der Waals surface area contributed by atoms with Gasteiger partial charge in [-0.3, -0.25) is 14.9 Å². The second-order valence-electron chi connectivity index (χ2n) is 3.13. The second-order valence-corrected chi connectivity index (χ2v) is 3.13. The number of rotatable bonds is 5. The van der Waals surface area contributed by atoms with Crippen molar-refractivity contribution in [2.75, 3.05) is 32.9 Å². The first-order chi connectivity index (χ1) is 7.27. The number of morpholine rings is 1. The summed E-state index contributed by atoms with van der Waals surface area (Å²) in [5.74, 6) is -0.406. The van der Waals surface area contributed by atoms with Gasteiger partial charge in [0.05, 0.1) is 19.8 Å². The molecule has 6 nitrogen and oxygen atoms in total. The molecule has 0 aliphatic carbocycles. The standard InChI is InChI=1S/C9H16N2O4.ClH/c1-2-15-9(13)5-11(7-12)8-6-14-4-3-10-8;/h7-8,10H,2-6H2,1H3;1H/t8-;/m0./s1. The van der Waals surface area contributed by atoms with Crippen LogP contribution in [0.5, 0.6) is 0 Å². The van der Waals surface area contributed by atoms with Crippen molar-refractivity contribution in [3.8, 4) is 0 Å². The third-order valence-corrected chi connectivity index (χ3v) is 2.05. The van der Waals surface area contributed by atoms with E-state index in [0.29, 0.717) is 32.8 Å². The topological polar surface area (TPSA) is 67.9 Å². The van der Waals surface area contributed by atoms with Gasteiger partial charge in [0.15, 0.2) is 0 Å². The fraction of sp³-hybridized carbons (Fsp3) is 0.778. The molecule has 0 aromatic rings. The van der Waals surface area contributed by atoms with E-state index in [1.54, 1.807) is 6.92 Å². The molecule has 0 unspecified atom stereocenters. The van der Waals surface area contributed by atoms with Gasteiger partial charge in [0.1, 0.15) is 12.7 Å². The number of hydrogen-bond acceptors (Lipinski definition) is 5. The summed E-state index contributed by atoms with van der Waals surface area (Å²) < 4.78 is 9.95. The van der Waals surface area contributed by atoms with Gasteiger partial charge in [-0.25, -0.2) is 0 Å². The van der Waals surface area contributed by atoms with E-state index in [4.69, 9.17) is 9.47 Å². The van der Waals surface area contributed by atoms with Crippen LogP contribution >= 0.6 is 12.4 Å². The van der Waals surface area contributed by atoms with Gasteiger partial charge in [0, 0.05) is 6.54 Å². The van der Waals surface area contributed by atoms with Crippen molar-refractivity contribution >= 4 is 24.8 Å². The van der Waals surface area contributed by atoms with E-state index in [1.807, 2.05) is 0 Å². The molecule has 0 saturated carbocycles. The molecule has 1 atom stereocenters. The average molecular weight is 253 g/mol. The number of nitrogens with one attached hydrogen (secondary N) is 1. The fourth-order valence-electron chi connectivity index (χ4n) is 1.34. The minimum absolute atomic E-state index is 0. The lowest BCUT2D eigenvalue weighted by Gasteiger charge is -2.31. The molecule has 0 bridgehead atoms. The molecular weight excluding hydrogens is 236 g/mol. The maximum absolute atomic E-state index is 11.2. The van der Waals surface area contributed by atoms with E-state index in [9.17, 15) is 9.59 Å². The van der Waals surface area contributed by atoms with Gasteiger partial charge in [0.2, 0.25) is 6.41 Å². The maximum atomic E-state index is 11.2. The predicted molar refractivity (Wildman–Crippen MR) is 59.3 cm³/mol. The lowest BCUT2D eigenvalue weighted by atomic mass is 10.4. The summed E-state index contributed by atoms with van der Waals surface area (Å²) >= 11 is 0. The Balaban J connectivity index is 0.00000225. The number of carbonyl (C=O) groups is 2. The van der Waals surface area contributed by atoms with Crippen LogP contribution in [-0.4, -0.2) is 56.4 Å². The molecule has 1 aliphatic rings. The maximum Gasteiger partial charge on any atom is 0.325 e. The highest BCUT2D eigenvalue weighted by Crippen LogP contribution is 1.99. The Bertz CT molecular complexity index is 222. The number of esters is 1. The molecule has 1 amide bonds. The number of hydrogen-bond donors (Lipinski definition) is 1. The summed E-state index contributed by atoms with van der Waals surface area (Å²) in [6, 6.07) is 0. The molecule has 1 rings (SSSR count). The van der Waals surface area contributed by atoms with Gasteiger partial charge in [-0.1, -0.05) is 0 Å². The van der Waals surface area contributed by atoms with Crippen molar-refractivity contribution in [3.05, 3.63) is 0 Å². The molecular formula is C9H17ClN2O4. The van der Waals surface area contributed by atoms with Crippen molar-refractivity contribution in [1.29, 1.82) is 0 Å². The fourth-order valence-corrected chi connectivity index (χ4v) is 1.34. The smallest absolute Gasteiger partial charge is 0.325 e. The number of ether oxygens (including phenoxy) is 2. The monoisotopic (exact) mass is 252 g/mol. The van der Waals surface area contributed by atoms with Crippen LogP contribution in [0.15, 0.2) is 0 Å². The second kappa shape index (κ2) is 8.32. The Morgan fingerprint density at radius 1 is 1.69 bits per heavy atom. The lowest BCUT2D eigenvalue weighted by molar-refractivity contribution is -0.148. The molecule has 0 spiro atoms. The highest BCUT2D eigenvalue weighted by atomic mass is 35.5. The molecule has 7 heteroatoms. The molecule has 16 heavy (non-hydrogen) atoms. The van der Waals surface area contributed by atoms with Crippen LogP contribution in [0.2, 0.25) is 0 Å². The zero-order chi connectivity index (χ0) is 11.1. The van der Waals surface area contributed by atoms with Gasteiger partial charge in [-0.05, 0) is 6.92 Å². The van der Waals surface area contributed by atoms with Crippen LogP contribution in [0, 0.1) is 0 Å². The summed E-state index contributed by atoms with van der Waals surface area (Å²) in [6.45, 7) is 3.71. The van der Waals surface area contributed by atoms with Crippen LogP contribution in [-0.2, 0) is 19.1 Å². The van der Waals surface area contributed by atoms with E-state index >= 15 is 0 Å². The van der Waals surface area contributed by atoms with Crippen LogP contribution in [0.1, 0.15) is 6.92 Å². The number of nitrogens with zero attached hydrogens (tertiary/aromatic N) is 1. The summed E-state index contributed by atoms with van der Waals surface area (Å²) in [5.41, 5.74) is 0. The SMILES string of the molecule is CCOC(=O)CN(C=O)[C@H]1COCCN1.Cl. The zero-order valence-electron chi connectivity index (χ0n) is 9.18.